The highest BCUT2D eigenvalue weighted by molar-refractivity contribution is 8.31. The van der Waals surface area contributed by atoms with Crippen molar-refractivity contribution in [1.29, 1.82) is 0 Å². The number of H-pyrrole nitrogens is 1. The molecule has 0 radical (unpaired) electrons. The first-order chi connectivity index (χ1) is 26.5. The lowest BCUT2D eigenvalue weighted by Gasteiger charge is -2.51. The Kier molecular flexibility index (Phi) is 11.3. The molecular weight excluding hydrogens is 742 g/mol. The number of ether oxygens (including phenoxy) is 1. The number of halogens is 5. The molecular formula is C45H54F5N3O2S. The van der Waals surface area contributed by atoms with Gasteiger partial charge in [0.2, 0.25) is 0 Å². The SMILES string of the molecule is CC1Cc2c([nH]c3c2CC(C)(F)C=C3)C(c2c(F)cc(OC3CN(CCCF)C3)cc2F)N1CC(C)(F)COS(c1ccccc1)(c1ccccc1)C(C)(C)C. The number of aromatic nitrogens is 1. The molecule has 1 aliphatic carbocycles. The number of nitrogens with zero attached hydrogens (tertiary/aromatic N) is 2. The molecule has 4 unspecified atom stereocenters. The minimum absolute atomic E-state index is 0.0588. The van der Waals surface area contributed by atoms with Gasteiger partial charge in [0.1, 0.15) is 34.8 Å². The Morgan fingerprint density at radius 3 is 2.11 bits per heavy atom. The fourth-order valence-electron chi connectivity index (χ4n) is 8.65. The van der Waals surface area contributed by atoms with E-state index < -0.39 is 50.7 Å². The molecule has 7 rings (SSSR count). The van der Waals surface area contributed by atoms with Crippen LogP contribution in [0.4, 0.5) is 22.0 Å². The third kappa shape index (κ3) is 7.93. The van der Waals surface area contributed by atoms with E-state index in [-0.39, 0.29) is 43.0 Å². The lowest BCUT2D eigenvalue weighted by molar-refractivity contribution is 0.0176. The molecule has 11 heteroatoms. The van der Waals surface area contributed by atoms with Gasteiger partial charge in [0, 0.05) is 82.3 Å². The number of allylic oxidation sites excluding steroid dienone is 1. The summed E-state index contributed by atoms with van der Waals surface area (Å²) in [4.78, 5) is 9.18. The van der Waals surface area contributed by atoms with Crippen molar-refractivity contribution in [3.05, 3.63) is 119 Å². The molecule has 0 amide bonds. The summed E-state index contributed by atoms with van der Waals surface area (Å²) in [7, 11) is -2.28. The van der Waals surface area contributed by atoms with Crippen molar-refractivity contribution in [2.24, 2.45) is 0 Å². The van der Waals surface area contributed by atoms with Gasteiger partial charge in [-0.1, -0.05) is 46.7 Å². The van der Waals surface area contributed by atoms with Gasteiger partial charge in [-0.05, 0) is 102 Å². The summed E-state index contributed by atoms with van der Waals surface area (Å²) < 4.78 is 91.1. The summed E-state index contributed by atoms with van der Waals surface area (Å²) in [5.74, 6) is -1.57. The van der Waals surface area contributed by atoms with Gasteiger partial charge in [-0.25, -0.2) is 17.6 Å². The Labute approximate surface area is 329 Å². The Morgan fingerprint density at radius 2 is 1.54 bits per heavy atom. The number of rotatable bonds is 13. The maximum atomic E-state index is 17.5. The summed E-state index contributed by atoms with van der Waals surface area (Å²) in [6.45, 7) is 12.1. The predicted octanol–water partition coefficient (Wildman–Crippen LogP) is 10.7. The minimum Gasteiger partial charge on any atom is -0.488 e. The Balaban J connectivity index is 1.23. The van der Waals surface area contributed by atoms with Crippen LogP contribution in [0.25, 0.3) is 6.08 Å². The fraction of sp³-hybridized carbons (Fsp3) is 0.467. The van der Waals surface area contributed by atoms with E-state index in [4.69, 9.17) is 8.92 Å². The van der Waals surface area contributed by atoms with Crippen molar-refractivity contribution in [2.75, 3.05) is 39.5 Å². The standard InChI is InChI=1S/C45H54F5N3O2S/c1-30-22-35-36-25-44(5,49)19-18-39(36)51-41(35)42(40-37(47)23-31(24-38(40)48)55-32-26-52(27-32)21-13-20-46)53(30)28-45(6,50)29-54-56(43(2,3)4,33-14-9-7-10-15-33)34-16-11-8-12-17-34/h7-12,14-19,23-24,30,32,42,51H,13,20-22,25-29H2,1-6H3. The van der Waals surface area contributed by atoms with E-state index in [0.29, 0.717) is 43.9 Å². The molecule has 1 N–H and O–H groups in total. The first-order valence-corrected chi connectivity index (χ1v) is 21.2. The molecule has 0 bridgehead atoms. The molecule has 2 aliphatic heterocycles. The van der Waals surface area contributed by atoms with E-state index in [0.717, 1.165) is 20.9 Å². The average Bonchev–Trinajstić information content (AvgIpc) is 3.46. The second kappa shape index (κ2) is 15.6. The second-order valence-corrected chi connectivity index (χ2v) is 20.7. The van der Waals surface area contributed by atoms with Crippen LogP contribution in [0.5, 0.6) is 5.75 Å². The van der Waals surface area contributed by atoms with Crippen LogP contribution in [0, 0.1) is 11.6 Å². The van der Waals surface area contributed by atoms with E-state index >= 15 is 17.6 Å². The number of aromatic amines is 1. The third-order valence-electron chi connectivity index (χ3n) is 11.3. The lowest BCUT2D eigenvalue weighted by Crippen LogP contribution is -2.53. The number of nitrogens with one attached hydrogen (secondary N) is 1. The number of hydrogen-bond donors (Lipinski definition) is 1. The van der Waals surface area contributed by atoms with Crippen molar-refractivity contribution in [2.45, 2.75) is 105 Å². The van der Waals surface area contributed by atoms with E-state index in [9.17, 15) is 4.39 Å². The van der Waals surface area contributed by atoms with Gasteiger partial charge < -0.3 is 13.9 Å². The summed E-state index contributed by atoms with van der Waals surface area (Å²) in [6.07, 6.45) is 3.91. The van der Waals surface area contributed by atoms with Crippen LogP contribution >= 0.6 is 10.3 Å². The zero-order valence-electron chi connectivity index (χ0n) is 33.2. The predicted molar refractivity (Wildman–Crippen MR) is 215 cm³/mol. The first kappa shape index (κ1) is 40.6. The summed E-state index contributed by atoms with van der Waals surface area (Å²) in [6, 6.07) is 20.9. The van der Waals surface area contributed by atoms with Crippen LogP contribution in [0.1, 0.15) is 82.1 Å². The highest BCUT2D eigenvalue weighted by Gasteiger charge is 2.47. The molecule has 3 aromatic carbocycles. The maximum absolute atomic E-state index is 17.5. The molecule has 0 saturated carbocycles. The molecule has 302 valence electrons. The zero-order chi connectivity index (χ0) is 40.0. The van der Waals surface area contributed by atoms with Gasteiger partial charge >= 0.3 is 0 Å². The number of alkyl halides is 3. The van der Waals surface area contributed by atoms with Gasteiger partial charge in [-0.15, -0.1) is 0 Å². The molecule has 56 heavy (non-hydrogen) atoms. The normalized spacial score (nSPS) is 23.3. The Hall–Kier alpha value is -3.64. The summed E-state index contributed by atoms with van der Waals surface area (Å²) >= 11 is 0. The minimum atomic E-state index is -2.28. The summed E-state index contributed by atoms with van der Waals surface area (Å²) in [5, 5.41) is 0. The van der Waals surface area contributed by atoms with Gasteiger partial charge in [0.05, 0.1) is 19.3 Å². The van der Waals surface area contributed by atoms with E-state index in [1.807, 2.05) is 77.4 Å². The largest absolute Gasteiger partial charge is 0.488 e. The first-order valence-electron chi connectivity index (χ1n) is 19.6. The van der Waals surface area contributed by atoms with Crippen molar-refractivity contribution in [1.82, 2.24) is 14.8 Å². The molecule has 5 nitrogen and oxygen atoms in total. The lowest BCUT2D eigenvalue weighted by atomic mass is 9.83. The number of fused-ring (bicyclic) bond motifs is 3. The molecule has 4 aromatic rings. The third-order valence-corrected chi connectivity index (χ3v) is 15.4. The molecule has 1 aromatic heterocycles. The van der Waals surface area contributed by atoms with Gasteiger partial charge in [-0.3, -0.25) is 14.2 Å². The smallest absolute Gasteiger partial charge is 0.145 e. The number of hydrogen-bond acceptors (Lipinski definition) is 4. The monoisotopic (exact) mass is 795 g/mol. The van der Waals surface area contributed by atoms with E-state index in [1.165, 1.54) is 32.1 Å². The van der Waals surface area contributed by atoms with Crippen LogP contribution in [0.2, 0.25) is 0 Å². The number of benzene rings is 3. The molecule has 1 saturated heterocycles. The van der Waals surface area contributed by atoms with Crippen molar-refractivity contribution in [3.63, 3.8) is 0 Å². The topological polar surface area (TPSA) is 40.7 Å². The highest BCUT2D eigenvalue weighted by Crippen LogP contribution is 2.71. The fourth-order valence-corrected chi connectivity index (χ4v) is 12.5. The van der Waals surface area contributed by atoms with Crippen LogP contribution in [0.15, 0.2) is 88.7 Å². The summed E-state index contributed by atoms with van der Waals surface area (Å²) in [5.41, 5.74) is -0.963. The zero-order valence-corrected chi connectivity index (χ0v) is 34.0. The quantitative estimate of drug-likeness (QED) is 0.137. The van der Waals surface area contributed by atoms with Crippen LogP contribution in [-0.4, -0.2) is 82.5 Å². The molecule has 4 atom stereocenters. The van der Waals surface area contributed by atoms with Crippen LogP contribution in [-0.2, 0) is 17.0 Å². The maximum Gasteiger partial charge on any atom is 0.145 e. The van der Waals surface area contributed by atoms with Crippen molar-refractivity contribution < 1.29 is 30.9 Å². The highest BCUT2D eigenvalue weighted by atomic mass is 32.3. The van der Waals surface area contributed by atoms with Crippen molar-refractivity contribution in [3.8, 4) is 5.75 Å². The van der Waals surface area contributed by atoms with Crippen LogP contribution in [0.3, 0.4) is 0 Å². The average molecular weight is 796 g/mol. The van der Waals surface area contributed by atoms with Gasteiger partial charge in [0.15, 0.2) is 0 Å². The molecule has 0 spiro atoms. The number of likely N-dealkylation sites (tertiary alicyclic amines) is 1. The van der Waals surface area contributed by atoms with Crippen LogP contribution < -0.4 is 4.74 Å². The Bertz CT molecular complexity index is 1960. The van der Waals surface area contributed by atoms with Gasteiger partial charge in [-0.2, -0.15) is 0 Å². The Morgan fingerprint density at radius 1 is 0.929 bits per heavy atom. The van der Waals surface area contributed by atoms with Crippen molar-refractivity contribution >= 4 is 16.4 Å². The van der Waals surface area contributed by atoms with E-state index in [2.05, 4.69) is 25.8 Å². The molecule has 1 fully saturated rings. The second-order valence-electron chi connectivity index (χ2n) is 17.1. The molecule has 3 aliphatic rings. The van der Waals surface area contributed by atoms with Gasteiger partial charge in [0.25, 0.3) is 0 Å². The van der Waals surface area contributed by atoms with E-state index in [1.54, 1.807) is 6.08 Å². The molecule has 3 heterocycles.